The van der Waals surface area contributed by atoms with Crippen molar-refractivity contribution in [1.29, 1.82) is 0 Å². The second-order valence-electron chi connectivity index (χ2n) is 4.84. The first-order chi connectivity index (χ1) is 8.97. The Labute approximate surface area is 109 Å². The van der Waals surface area contributed by atoms with E-state index in [1.54, 1.807) is 0 Å². The maximum absolute atomic E-state index is 13.4. The molecule has 0 spiro atoms. The molecule has 0 saturated carbocycles. The molecule has 104 valence electrons. The first-order valence-electron chi connectivity index (χ1n) is 6.03. The fraction of sp³-hybridized carbons (Fsp3) is 0.500. The molecule has 1 N–H and O–H groups in total. The van der Waals surface area contributed by atoms with E-state index in [0.29, 0.717) is 18.5 Å². The van der Waals surface area contributed by atoms with Gasteiger partial charge in [0.25, 0.3) is 0 Å². The van der Waals surface area contributed by atoms with Crippen LogP contribution in [0.1, 0.15) is 6.42 Å². The van der Waals surface area contributed by atoms with Gasteiger partial charge in [0.15, 0.2) is 0 Å². The first-order valence-corrected chi connectivity index (χ1v) is 6.03. The minimum atomic E-state index is -1.16. The number of nitro groups is 1. The topological polar surface area (TPSA) is 58.4 Å². The Balaban J connectivity index is 2.12. The number of benzene rings is 1. The fourth-order valence-corrected chi connectivity index (χ4v) is 2.33. The van der Waals surface area contributed by atoms with Crippen molar-refractivity contribution < 1.29 is 13.7 Å². The standard InChI is InChI=1S/C12H15F2N3O2/c1-16-3-2-8(7-16)6-15-11-5-9(13)4-10(14)12(11)17(18)19/h4-5,8,15H,2-3,6-7H2,1H3. The molecule has 7 heteroatoms. The second-order valence-corrected chi connectivity index (χ2v) is 4.84. The van der Waals surface area contributed by atoms with Gasteiger partial charge in [0.05, 0.1) is 4.92 Å². The molecule has 1 unspecified atom stereocenters. The van der Waals surface area contributed by atoms with Crippen molar-refractivity contribution >= 4 is 11.4 Å². The summed E-state index contributed by atoms with van der Waals surface area (Å²) in [6.45, 7) is 2.30. The number of rotatable bonds is 4. The molecule has 19 heavy (non-hydrogen) atoms. The van der Waals surface area contributed by atoms with Crippen LogP contribution in [0.15, 0.2) is 12.1 Å². The second kappa shape index (κ2) is 5.48. The number of hydrogen-bond donors (Lipinski definition) is 1. The van der Waals surface area contributed by atoms with Crippen LogP contribution in [0.3, 0.4) is 0 Å². The smallest absolute Gasteiger partial charge is 0.327 e. The van der Waals surface area contributed by atoms with Crippen molar-refractivity contribution in [2.24, 2.45) is 5.92 Å². The van der Waals surface area contributed by atoms with Gasteiger partial charge in [0, 0.05) is 25.2 Å². The Morgan fingerprint density at radius 1 is 1.53 bits per heavy atom. The number of halogens is 2. The van der Waals surface area contributed by atoms with Crippen LogP contribution in [0.2, 0.25) is 0 Å². The van der Waals surface area contributed by atoms with Gasteiger partial charge in [-0.1, -0.05) is 0 Å². The first kappa shape index (κ1) is 13.7. The van der Waals surface area contributed by atoms with E-state index in [4.69, 9.17) is 0 Å². The van der Waals surface area contributed by atoms with Crippen LogP contribution in [-0.4, -0.2) is 36.5 Å². The molecule has 0 radical (unpaired) electrons. The lowest BCUT2D eigenvalue weighted by Crippen LogP contribution is -2.19. The molecule has 1 aromatic rings. The zero-order chi connectivity index (χ0) is 14.0. The molecule has 1 aliphatic heterocycles. The maximum Gasteiger partial charge on any atom is 0.327 e. The minimum Gasteiger partial charge on any atom is -0.379 e. The van der Waals surface area contributed by atoms with Crippen LogP contribution in [0.25, 0.3) is 0 Å². The maximum atomic E-state index is 13.4. The quantitative estimate of drug-likeness (QED) is 0.674. The summed E-state index contributed by atoms with van der Waals surface area (Å²) in [5.74, 6) is -1.65. The van der Waals surface area contributed by atoms with Gasteiger partial charge in [-0.05, 0) is 25.9 Å². The Kier molecular flexibility index (Phi) is 3.94. The highest BCUT2D eigenvalue weighted by molar-refractivity contribution is 5.62. The number of anilines is 1. The average Bonchev–Trinajstić information content (AvgIpc) is 2.71. The molecule has 1 saturated heterocycles. The highest BCUT2D eigenvalue weighted by Crippen LogP contribution is 2.29. The zero-order valence-corrected chi connectivity index (χ0v) is 10.5. The third kappa shape index (κ3) is 3.17. The lowest BCUT2D eigenvalue weighted by atomic mass is 10.1. The number of likely N-dealkylation sites (tertiary alicyclic amines) is 1. The predicted octanol–water partition coefficient (Wildman–Crippen LogP) is 2.24. The molecular weight excluding hydrogens is 256 g/mol. The minimum absolute atomic E-state index is 0.1000. The molecule has 1 atom stereocenters. The lowest BCUT2D eigenvalue weighted by Gasteiger charge is -2.13. The Hall–Kier alpha value is -1.76. The molecular formula is C12H15F2N3O2. The molecule has 1 aliphatic rings. The van der Waals surface area contributed by atoms with E-state index in [9.17, 15) is 18.9 Å². The van der Waals surface area contributed by atoms with Crippen molar-refractivity contribution in [3.8, 4) is 0 Å². The zero-order valence-electron chi connectivity index (χ0n) is 10.5. The van der Waals surface area contributed by atoms with Gasteiger partial charge in [-0.3, -0.25) is 10.1 Å². The highest BCUT2D eigenvalue weighted by Gasteiger charge is 2.24. The third-order valence-corrected chi connectivity index (χ3v) is 3.28. The monoisotopic (exact) mass is 271 g/mol. The average molecular weight is 271 g/mol. The summed E-state index contributed by atoms with van der Waals surface area (Å²) in [4.78, 5) is 12.1. The number of nitro benzene ring substituents is 1. The largest absolute Gasteiger partial charge is 0.379 e. The number of nitrogens with zero attached hydrogens (tertiary/aromatic N) is 2. The van der Waals surface area contributed by atoms with Gasteiger partial charge >= 0.3 is 5.69 Å². The van der Waals surface area contributed by atoms with Gasteiger partial charge in [-0.2, -0.15) is 4.39 Å². The summed E-state index contributed by atoms with van der Waals surface area (Å²) in [6, 6.07) is 1.48. The summed E-state index contributed by atoms with van der Waals surface area (Å²) in [5, 5.41) is 13.6. The molecule has 1 aromatic carbocycles. The number of hydrogen-bond acceptors (Lipinski definition) is 4. The van der Waals surface area contributed by atoms with E-state index in [2.05, 4.69) is 10.2 Å². The molecule has 0 aromatic heterocycles. The van der Waals surface area contributed by atoms with Gasteiger partial charge in [0.2, 0.25) is 5.82 Å². The lowest BCUT2D eigenvalue weighted by molar-refractivity contribution is -0.386. The molecule has 1 heterocycles. The number of nitrogens with one attached hydrogen (secondary N) is 1. The molecule has 0 aliphatic carbocycles. The normalized spacial score (nSPS) is 19.6. The van der Waals surface area contributed by atoms with Crippen LogP contribution in [0.5, 0.6) is 0 Å². The molecule has 0 amide bonds. The fourth-order valence-electron chi connectivity index (χ4n) is 2.33. The summed E-state index contributed by atoms with van der Waals surface area (Å²) >= 11 is 0. The van der Waals surface area contributed by atoms with E-state index in [1.807, 2.05) is 7.05 Å². The Morgan fingerprint density at radius 3 is 2.84 bits per heavy atom. The van der Waals surface area contributed by atoms with Crippen LogP contribution in [0.4, 0.5) is 20.2 Å². The summed E-state index contributed by atoms with van der Waals surface area (Å²) < 4.78 is 26.5. The van der Waals surface area contributed by atoms with Crippen LogP contribution >= 0.6 is 0 Å². The SMILES string of the molecule is CN1CCC(CNc2cc(F)cc(F)c2[N+](=O)[O-])C1. The van der Waals surface area contributed by atoms with Crippen molar-refractivity contribution in [1.82, 2.24) is 4.90 Å². The van der Waals surface area contributed by atoms with E-state index in [0.717, 1.165) is 25.6 Å². The van der Waals surface area contributed by atoms with Gasteiger partial charge in [-0.15, -0.1) is 0 Å². The molecule has 0 bridgehead atoms. The van der Waals surface area contributed by atoms with E-state index < -0.39 is 22.2 Å². The van der Waals surface area contributed by atoms with Crippen molar-refractivity contribution in [2.45, 2.75) is 6.42 Å². The molecule has 5 nitrogen and oxygen atoms in total. The van der Waals surface area contributed by atoms with E-state index in [1.165, 1.54) is 0 Å². The van der Waals surface area contributed by atoms with Gasteiger partial charge in [0.1, 0.15) is 11.5 Å². The van der Waals surface area contributed by atoms with Crippen LogP contribution < -0.4 is 5.32 Å². The predicted molar refractivity (Wildman–Crippen MR) is 67.1 cm³/mol. The van der Waals surface area contributed by atoms with Gasteiger partial charge < -0.3 is 10.2 Å². The van der Waals surface area contributed by atoms with Crippen molar-refractivity contribution in [3.05, 3.63) is 33.9 Å². The summed E-state index contributed by atoms with van der Waals surface area (Å²) in [5.41, 5.74) is -0.801. The summed E-state index contributed by atoms with van der Waals surface area (Å²) in [7, 11) is 1.99. The van der Waals surface area contributed by atoms with E-state index >= 15 is 0 Å². The van der Waals surface area contributed by atoms with Crippen LogP contribution in [-0.2, 0) is 0 Å². The van der Waals surface area contributed by atoms with Crippen molar-refractivity contribution in [3.63, 3.8) is 0 Å². The van der Waals surface area contributed by atoms with E-state index in [-0.39, 0.29) is 5.69 Å². The summed E-state index contributed by atoms with van der Waals surface area (Å²) in [6.07, 6.45) is 0.967. The Bertz CT molecular complexity index is 496. The molecule has 2 rings (SSSR count). The van der Waals surface area contributed by atoms with Crippen LogP contribution in [0, 0.1) is 27.7 Å². The third-order valence-electron chi connectivity index (χ3n) is 3.28. The van der Waals surface area contributed by atoms with Gasteiger partial charge in [-0.25, -0.2) is 4.39 Å². The molecule has 1 fully saturated rings. The van der Waals surface area contributed by atoms with Crippen molar-refractivity contribution in [2.75, 3.05) is 32.0 Å². The highest BCUT2D eigenvalue weighted by atomic mass is 19.1. The Morgan fingerprint density at radius 2 is 2.26 bits per heavy atom.